The number of rotatable bonds is 3. The first kappa shape index (κ1) is 9.36. The maximum Gasteiger partial charge on any atom is 0.417 e. The number of hydrogen-bond acceptors (Lipinski definition) is 4. The molecule has 0 aliphatic rings. The molecule has 2 rings (SSSR count). The van der Waals surface area contributed by atoms with Gasteiger partial charge in [0.05, 0.1) is 12.1 Å². The van der Waals surface area contributed by atoms with Gasteiger partial charge in [0.25, 0.3) is 0 Å². The minimum atomic E-state index is -0.440. The second kappa shape index (κ2) is 3.89. The Bertz CT molecular complexity index is 488. The monoisotopic (exact) mass is 211 g/mol. The second-order valence-electron chi connectivity index (χ2n) is 2.74. The molecule has 2 N–H and O–H groups in total. The number of benzene rings is 1. The standard InChI is InChI=1S/C9H9NO3S/c11-3-4-14-6-1-2-7-8(5-6)13-9(12)10-7/h1-2,5,11H,3-4H2,(H,10,12). The first-order valence-electron chi connectivity index (χ1n) is 4.16. The van der Waals surface area contributed by atoms with E-state index >= 15 is 0 Å². The number of H-pyrrole nitrogens is 1. The van der Waals surface area contributed by atoms with Crippen LogP contribution in [0.2, 0.25) is 0 Å². The second-order valence-corrected chi connectivity index (χ2v) is 3.91. The van der Waals surface area contributed by atoms with Crippen molar-refractivity contribution < 1.29 is 9.52 Å². The fourth-order valence-electron chi connectivity index (χ4n) is 1.18. The normalized spacial score (nSPS) is 10.9. The minimum Gasteiger partial charge on any atom is -0.408 e. The summed E-state index contributed by atoms with van der Waals surface area (Å²) < 4.78 is 4.90. The van der Waals surface area contributed by atoms with Gasteiger partial charge in [0.1, 0.15) is 0 Å². The molecule has 1 aromatic carbocycles. The van der Waals surface area contributed by atoms with Gasteiger partial charge in [0, 0.05) is 10.6 Å². The third-order valence-corrected chi connectivity index (χ3v) is 2.73. The number of aromatic nitrogens is 1. The van der Waals surface area contributed by atoms with E-state index in [-0.39, 0.29) is 6.61 Å². The first-order chi connectivity index (χ1) is 6.79. The van der Waals surface area contributed by atoms with Gasteiger partial charge in [0.2, 0.25) is 0 Å². The van der Waals surface area contributed by atoms with Gasteiger partial charge in [0.15, 0.2) is 5.58 Å². The minimum absolute atomic E-state index is 0.139. The van der Waals surface area contributed by atoms with Gasteiger partial charge < -0.3 is 9.52 Å². The SMILES string of the molecule is O=c1[nH]c2ccc(SCCO)cc2o1. The molecule has 14 heavy (non-hydrogen) atoms. The van der Waals surface area contributed by atoms with Gasteiger partial charge >= 0.3 is 5.76 Å². The van der Waals surface area contributed by atoms with Gasteiger partial charge in [-0.3, -0.25) is 4.98 Å². The Kier molecular flexibility index (Phi) is 2.60. The van der Waals surface area contributed by atoms with E-state index in [1.807, 2.05) is 6.07 Å². The number of nitrogens with one attached hydrogen (secondary N) is 1. The highest BCUT2D eigenvalue weighted by atomic mass is 32.2. The summed E-state index contributed by atoms with van der Waals surface area (Å²) in [6.45, 7) is 0.139. The van der Waals surface area contributed by atoms with Crippen LogP contribution in [0.15, 0.2) is 32.3 Å². The van der Waals surface area contributed by atoms with Gasteiger partial charge in [-0.25, -0.2) is 4.79 Å². The molecule has 0 aliphatic carbocycles. The topological polar surface area (TPSA) is 66.2 Å². The zero-order valence-electron chi connectivity index (χ0n) is 7.32. The molecule has 5 heteroatoms. The summed E-state index contributed by atoms with van der Waals surface area (Å²) in [5.74, 6) is 0.199. The molecule has 0 atom stereocenters. The van der Waals surface area contributed by atoms with Gasteiger partial charge in [-0.15, -0.1) is 11.8 Å². The summed E-state index contributed by atoms with van der Waals surface area (Å²) in [4.78, 5) is 14.4. The highest BCUT2D eigenvalue weighted by molar-refractivity contribution is 7.99. The predicted molar refractivity (Wildman–Crippen MR) is 54.6 cm³/mol. The lowest BCUT2D eigenvalue weighted by Gasteiger charge is -1.97. The number of fused-ring (bicyclic) bond motifs is 1. The Morgan fingerprint density at radius 3 is 3.14 bits per heavy atom. The Labute approximate surface area is 83.9 Å². The summed E-state index contributed by atoms with van der Waals surface area (Å²) in [7, 11) is 0. The first-order valence-corrected chi connectivity index (χ1v) is 5.15. The number of oxazole rings is 1. The summed E-state index contributed by atoms with van der Waals surface area (Å²) in [6.07, 6.45) is 0. The molecule has 74 valence electrons. The van der Waals surface area contributed by atoms with Crippen LogP contribution in [0.1, 0.15) is 0 Å². The lowest BCUT2D eigenvalue weighted by Crippen LogP contribution is -1.92. The van der Waals surface area contributed by atoms with Crippen molar-refractivity contribution in [1.29, 1.82) is 0 Å². The molecule has 0 bridgehead atoms. The molecule has 2 aromatic rings. The fourth-order valence-corrected chi connectivity index (χ4v) is 1.86. The van der Waals surface area contributed by atoms with E-state index in [0.717, 1.165) is 4.90 Å². The van der Waals surface area contributed by atoms with E-state index in [1.165, 1.54) is 11.8 Å². The smallest absolute Gasteiger partial charge is 0.408 e. The van der Waals surface area contributed by atoms with E-state index in [1.54, 1.807) is 12.1 Å². The zero-order chi connectivity index (χ0) is 9.97. The number of aromatic amines is 1. The van der Waals surface area contributed by atoms with E-state index in [0.29, 0.717) is 16.9 Å². The van der Waals surface area contributed by atoms with Crippen molar-refractivity contribution in [1.82, 2.24) is 4.98 Å². The molecule has 1 heterocycles. The van der Waals surface area contributed by atoms with Gasteiger partial charge in [-0.1, -0.05) is 0 Å². The zero-order valence-corrected chi connectivity index (χ0v) is 8.13. The van der Waals surface area contributed by atoms with Crippen molar-refractivity contribution >= 4 is 22.9 Å². The van der Waals surface area contributed by atoms with Crippen LogP contribution < -0.4 is 5.76 Å². The average Bonchev–Trinajstić information content (AvgIpc) is 2.54. The van der Waals surface area contributed by atoms with Crippen molar-refractivity contribution in [2.45, 2.75) is 4.90 Å². The van der Waals surface area contributed by atoms with Crippen molar-refractivity contribution in [3.05, 3.63) is 28.7 Å². The van der Waals surface area contributed by atoms with Crippen molar-refractivity contribution in [3.63, 3.8) is 0 Å². The molecule has 0 saturated carbocycles. The van der Waals surface area contributed by atoms with E-state index in [2.05, 4.69) is 4.98 Å². The largest absolute Gasteiger partial charge is 0.417 e. The van der Waals surface area contributed by atoms with Crippen LogP contribution in [-0.2, 0) is 0 Å². The number of thioether (sulfide) groups is 1. The Morgan fingerprint density at radius 2 is 2.36 bits per heavy atom. The maximum atomic E-state index is 10.8. The molecule has 0 aliphatic heterocycles. The third-order valence-electron chi connectivity index (χ3n) is 1.75. The molecule has 1 aromatic heterocycles. The van der Waals surface area contributed by atoms with Crippen molar-refractivity contribution in [2.24, 2.45) is 0 Å². The Morgan fingerprint density at radius 1 is 1.50 bits per heavy atom. The van der Waals surface area contributed by atoms with E-state index in [4.69, 9.17) is 9.52 Å². The van der Waals surface area contributed by atoms with Crippen LogP contribution in [0.5, 0.6) is 0 Å². The van der Waals surface area contributed by atoms with Crippen LogP contribution in [0.3, 0.4) is 0 Å². The lowest BCUT2D eigenvalue weighted by atomic mass is 10.3. The van der Waals surface area contributed by atoms with Gasteiger partial charge in [-0.05, 0) is 18.2 Å². The molecular formula is C9H9NO3S. The Balaban J connectivity index is 2.35. The van der Waals surface area contributed by atoms with E-state index < -0.39 is 5.76 Å². The van der Waals surface area contributed by atoms with Crippen LogP contribution in [-0.4, -0.2) is 22.5 Å². The van der Waals surface area contributed by atoms with Gasteiger partial charge in [-0.2, -0.15) is 0 Å². The Hall–Kier alpha value is -1.20. The van der Waals surface area contributed by atoms with Crippen LogP contribution in [0, 0.1) is 0 Å². The summed E-state index contributed by atoms with van der Waals surface area (Å²) in [6, 6.07) is 5.46. The van der Waals surface area contributed by atoms with Crippen LogP contribution >= 0.6 is 11.8 Å². The molecule has 0 fully saturated rings. The highest BCUT2D eigenvalue weighted by Gasteiger charge is 2.01. The third kappa shape index (κ3) is 1.83. The molecule has 4 nitrogen and oxygen atoms in total. The fraction of sp³-hybridized carbons (Fsp3) is 0.222. The van der Waals surface area contributed by atoms with E-state index in [9.17, 15) is 4.79 Å². The van der Waals surface area contributed by atoms with Crippen LogP contribution in [0.4, 0.5) is 0 Å². The number of aliphatic hydroxyl groups is 1. The van der Waals surface area contributed by atoms with Crippen molar-refractivity contribution in [3.8, 4) is 0 Å². The van der Waals surface area contributed by atoms with Crippen LogP contribution in [0.25, 0.3) is 11.1 Å². The highest BCUT2D eigenvalue weighted by Crippen LogP contribution is 2.21. The maximum absolute atomic E-state index is 10.8. The quantitative estimate of drug-likeness (QED) is 0.749. The number of aliphatic hydroxyl groups excluding tert-OH is 1. The molecule has 0 amide bonds. The molecule has 0 spiro atoms. The summed E-state index contributed by atoms with van der Waals surface area (Å²) in [5, 5.41) is 8.64. The molecule has 0 radical (unpaired) electrons. The predicted octanol–water partition coefficient (Wildman–Crippen LogP) is 1.21. The van der Waals surface area contributed by atoms with Crippen molar-refractivity contribution in [2.75, 3.05) is 12.4 Å². The average molecular weight is 211 g/mol. The molecule has 0 unspecified atom stereocenters. The summed E-state index contributed by atoms with van der Waals surface area (Å²) >= 11 is 1.52. The lowest BCUT2D eigenvalue weighted by molar-refractivity contribution is 0.322. The molecule has 0 saturated heterocycles. The molecular weight excluding hydrogens is 202 g/mol. The summed E-state index contributed by atoms with van der Waals surface area (Å²) in [5.41, 5.74) is 1.25. The number of hydrogen-bond donors (Lipinski definition) is 2.